The van der Waals surface area contributed by atoms with Crippen molar-refractivity contribution in [3.8, 4) is 23.0 Å². The van der Waals surface area contributed by atoms with Crippen molar-refractivity contribution in [1.29, 1.82) is 0 Å². The monoisotopic (exact) mass is 463 g/mol. The number of hydrogen-bond donors (Lipinski definition) is 0. The predicted octanol–water partition coefficient (Wildman–Crippen LogP) is 3.74. The fourth-order valence-electron chi connectivity index (χ4n) is 4.09. The van der Waals surface area contributed by atoms with Crippen LogP contribution in [0.25, 0.3) is 12.2 Å². The van der Waals surface area contributed by atoms with E-state index in [9.17, 15) is 9.59 Å². The van der Waals surface area contributed by atoms with Gasteiger partial charge in [0.1, 0.15) is 26.4 Å². The van der Waals surface area contributed by atoms with E-state index in [1.807, 2.05) is 36.4 Å². The highest BCUT2D eigenvalue weighted by Crippen LogP contribution is 2.34. The molecule has 1 fully saturated rings. The van der Waals surface area contributed by atoms with Gasteiger partial charge in [-0.15, -0.1) is 0 Å². The summed E-state index contributed by atoms with van der Waals surface area (Å²) in [5, 5.41) is 0. The van der Waals surface area contributed by atoms with Crippen LogP contribution in [0.5, 0.6) is 23.0 Å². The molecular formula is C26H25NO7. The first kappa shape index (κ1) is 21.9. The first-order valence-corrected chi connectivity index (χ1v) is 11.3. The standard InChI is InChI=1S/C26H25NO7/c1-2-30-26(29)27-15-19(11-17-3-5-21-23(13-17)33-9-7-31-21)25(28)20(16-27)12-18-4-6-22-24(14-18)34-10-8-32-22/h3-6,11-14H,2,7-10,15-16H2,1H3/b19-11-,20-12+. The van der Waals surface area contributed by atoms with Crippen molar-refractivity contribution < 1.29 is 33.3 Å². The Labute approximate surface area is 197 Å². The SMILES string of the molecule is CCOC(=O)N1C/C(=C/c2ccc3c(c2)OCCO3)C(=O)/C(=C/c2ccc3c(c2)OCCO3)C1. The van der Waals surface area contributed by atoms with E-state index in [1.165, 1.54) is 4.90 Å². The lowest BCUT2D eigenvalue weighted by Crippen LogP contribution is -2.41. The molecule has 8 heteroatoms. The lowest BCUT2D eigenvalue weighted by molar-refractivity contribution is -0.113. The average molecular weight is 463 g/mol. The van der Waals surface area contributed by atoms with Crippen LogP contribution in [0, 0.1) is 0 Å². The highest BCUT2D eigenvalue weighted by atomic mass is 16.6. The normalized spacial score (nSPS) is 19.3. The molecule has 0 radical (unpaired) electrons. The Morgan fingerprint density at radius 3 is 1.76 bits per heavy atom. The molecule has 0 N–H and O–H groups in total. The molecule has 0 bridgehead atoms. The van der Waals surface area contributed by atoms with E-state index in [0.717, 1.165) is 11.1 Å². The number of rotatable bonds is 3. The molecule has 5 rings (SSSR count). The summed E-state index contributed by atoms with van der Waals surface area (Å²) in [6, 6.07) is 11.0. The number of Topliss-reactive ketones (excluding diaryl/α,β-unsaturated/α-hetero) is 1. The van der Waals surface area contributed by atoms with E-state index >= 15 is 0 Å². The molecule has 3 aliphatic heterocycles. The summed E-state index contributed by atoms with van der Waals surface area (Å²) in [7, 11) is 0. The topological polar surface area (TPSA) is 83.5 Å². The van der Waals surface area contributed by atoms with Crippen LogP contribution in [0.3, 0.4) is 0 Å². The van der Waals surface area contributed by atoms with Gasteiger partial charge in [-0.2, -0.15) is 0 Å². The summed E-state index contributed by atoms with van der Waals surface area (Å²) >= 11 is 0. The van der Waals surface area contributed by atoms with Crippen molar-refractivity contribution in [3.63, 3.8) is 0 Å². The molecule has 0 spiro atoms. The number of nitrogens with zero attached hydrogens (tertiary/aromatic N) is 1. The van der Waals surface area contributed by atoms with Crippen LogP contribution >= 0.6 is 0 Å². The number of carbonyl (C=O) groups is 2. The number of carbonyl (C=O) groups excluding carboxylic acids is 2. The van der Waals surface area contributed by atoms with Crippen LogP contribution in [0.15, 0.2) is 47.5 Å². The van der Waals surface area contributed by atoms with E-state index in [2.05, 4.69) is 0 Å². The first-order valence-electron chi connectivity index (χ1n) is 11.3. The summed E-state index contributed by atoms with van der Waals surface area (Å²) in [6.45, 7) is 4.30. The van der Waals surface area contributed by atoms with E-state index in [-0.39, 0.29) is 25.5 Å². The number of ether oxygens (including phenoxy) is 5. The maximum atomic E-state index is 13.4. The molecule has 0 unspecified atom stereocenters. The molecule has 0 aliphatic carbocycles. The second-order valence-corrected chi connectivity index (χ2v) is 8.03. The molecule has 8 nitrogen and oxygen atoms in total. The molecule has 0 atom stereocenters. The number of amides is 1. The van der Waals surface area contributed by atoms with Gasteiger partial charge in [-0.05, 0) is 54.5 Å². The Morgan fingerprint density at radius 2 is 1.29 bits per heavy atom. The van der Waals surface area contributed by atoms with Gasteiger partial charge in [-0.3, -0.25) is 9.69 Å². The lowest BCUT2D eigenvalue weighted by atomic mass is 9.94. The first-order chi connectivity index (χ1) is 16.6. The number of benzene rings is 2. The Balaban J connectivity index is 1.48. The largest absolute Gasteiger partial charge is 0.486 e. The number of piperidine rings is 1. The van der Waals surface area contributed by atoms with Gasteiger partial charge in [0.05, 0.1) is 19.7 Å². The van der Waals surface area contributed by atoms with E-state index in [1.54, 1.807) is 19.1 Å². The fraction of sp³-hybridized carbons (Fsp3) is 0.308. The van der Waals surface area contributed by atoms with Crippen molar-refractivity contribution in [1.82, 2.24) is 4.90 Å². The maximum absolute atomic E-state index is 13.4. The van der Waals surface area contributed by atoms with Gasteiger partial charge in [0.15, 0.2) is 28.8 Å². The minimum atomic E-state index is -0.462. The Morgan fingerprint density at radius 1 is 0.824 bits per heavy atom. The van der Waals surface area contributed by atoms with Gasteiger partial charge in [0.2, 0.25) is 0 Å². The smallest absolute Gasteiger partial charge is 0.410 e. The van der Waals surface area contributed by atoms with Crippen LogP contribution in [-0.4, -0.2) is 62.9 Å². The second-order valence-electron chi connectivity index (χ2n) is 8.03. The minimum Gasteiger partial charge on any atom is -0.486 e. The minimum absolute atomic E-state index is 0.120. The van der Waals surface area contributed by atoms with Crippen molar-refractivity contribution in [2.45, 2.75) is 6.92 Å². The van der Waals surface area contributed by atoms with E-state index in [0.29, 0.717) is 60.6 Å². The summed E-state index contributed by atoms with van der Waals surface area (Å²) in [6.07, 6.45) is 3.10. The second kappa shape index (κ2) is 9.51. The molecule has 3 aliphatic rings. The quantitative estimate of drug-likeness (QED) is 0.642. The molecule has 1 amide bonds. The highest BCUT2D eigenvalue weighted by Gasteiger charge is 2.30. The van der Waals surface area contributed by atoms with Gasteiger partial charge < -0.3 is 23.7 Å². The number of ketones is 1. The van der Waals surface area contributed by atoms with Crippen molar-refractivity contribution in [3.05, 3.63) is 58.7 Å². The fourth-order valence-corrected chi connectivity index (χ4v) is 4.09. The molecule has 0 saturated carbocycles. The summed E-state index contributed by atoms with van der Waals surface area (Å²) in [4.78, 5) is 27.5. The van der Waals surface area contributed by atoms with Crippen molar-refractivity contribution in [2.75, 3.05) is 46.1 Å². The molecule has 0 aromatic heterocycles. The third-order valence-electron chi connectivity index (χ3n) is 5.65. The van der Waals surface area contributed by atoms with Gasteiger partial charge in [0, 0.05) is 11.1 Å². The average Bonchev–Trinajstić information content (AvgIpc) is 2.86. The molecular weight excluding hydrogens is 438 g/mol. The van der Waals surface area contributed by atoms with Gasteiger partial charge in [-0.25, -0.2) is 4.79 Å². The van der Waals surface area contributed by atoms with Gasteiger partial charge in [-0.1, -0.05) is 12.1 Å². The number of hydrogen-bond acceptors (Lipinski definition) is 7. The van der Waals surface area contributed by atoms with Crippen LogP contribution in [-0.2, 0) is 9.53 Å². The highest BCUT2D eigenvalue weighted by molar-refractivity contribution is 6.15. The Hall–Kier alpha value is -3.94. The molecule has 2 aromatic rings. The third kappa shape index (κ3) is 4.57. The van der Waals surface area contributed by atoms with Crippen molar-refractivity contribution in [2.24, 2.45) is 0 Å². The summed E-state index contributed by atoms with van der Waals surface area (Å²) < 4.78 is 27.7. The summed E-state index contributed by atoms with van der Waals surface area (Å²) in [5.74, 6) is 2.51. The van der Waals surface area contributed by atoms with Crippen LogP contribution in [0.4, 0.5) is 4.79 Å². The third-order valence-corrected chi connectivity index (χ3v) is 5.65. The van der Waals surface area contributed by atoms with Gasteiger partial charge in [0.25, 0.3) is 0 Å². The number of fused-ring (bicyclic) bond motifs is 2. The molecule has 34 heavy (non-hydrogen) atoms. The zero-order chi connectivity index (χ0) is 23.5. The molecule has 2 aromatic carbocycles. The van der Waals surface area contributed by atoms with Crippen LogP contribution < -0.4 is 18.9 Å². The van der Waals surface area contributed by atoms with Crippen LogP contribution in [0.1, 0.15) is 18.1 Å². The zero-order valence-corrected chi connectivity index (χ0v) is 18.9. The van der Waals surface area contributed by atoms with E-state index in [4.69, 9.17) is 23.7 Å². The number of likely N-dealkylation sites (tertiary alicyclic amines) is 1. The maximum Gasteiger partial charge on any atom is 0.410 e. The molecule has 176 valence electrons. The van der Waals surface area contributed by atoms with Gasteiger partial charge >= 0.3 is 6.09 Å². The predicted molar refractivity (Wildman–Crippen MR) is 124 cm³/mol. The summed E-state index contributed by atoms with van der Waals surface area (Å²) in [5.41, 5.74) is 2.55. The molecule has 1 saturated heterocycles. The lowest BCUT2D eigenvalue weighted by Gasteiger charge is -2.29. The van der Waals surface area contributed by atoms with Crippen LogP contribution in [0.2, 0.25) is 0 Å². The van der Waals surface area contributed by atoms with Crippen molar-refractivity contribution >= 4 is 24.0 Å². The Bertz CT molecular complexity index is 1100. The Kier molecular flexibility index (Phi) is 6.12. The zero-order valence-electron chi connectivity index (χ0n) is 18.9. The molecule has 3 heterocycles. The van der Waals surface area contributed by atoms with E-state index < -0.39 is 6.09 Å².